The van der Waals surface area contributed by atoms with E-state index in [9.17, 15) is 8.42 Å². The molecule has 0 aromatic carbocycles. The van der Waals surface area contributed by atoms with Crippen molar-refractivity contribution in [3.63, 3.8) is 0 Å². The Labute approximate surface area is 106 Å². The van der Waals surface area contributed by atoms with Gasteiger partial charge >= 0.3 is 106 Å². The molecule has 0 aliphatic heterocycles. The normalized spacial score (nSPS) is 15.5. The van der Waals surface area contributed by atoms with E-state index in [2.05, 4.69) is 25.0 Å². The quantitative estimate of drug-likeness (QED) is 0.611. The molecule has 0 amide bonds. The van der Waals surface area contributed by atoms with Crippen LogP contribution in [-0.4, -0.2) is 40.7 Å². The van der Waals surface area contributed by atoms with Crippen molar-refractivity contribution in [1.82, 2.24) is 0 Å². The number of hydrogen-bond acceptors (Lipinski definition) is 4. The Kier molecular flexibility index (Phi) is 6.58. The van der Waals surface area contributed by atoms with Crippen LogP contribution >= 0.6 is 6.83 Å². The molecule has 4 nitrogen and oxygen atoms in total. The second-order valence-electron chi connectivity index (χ2n) is 5.01. The van der Waals surface area contributed by atoms with E-state index in [0.717, 1.165) is 44.9 Å². The molecule has 17 heavy (non-hydrogen) atoms. The Hall–Kier alpha value is 0.300. The van der Waals surface area contributed by atoms with Crippen LogP contribution in [0.1, 0.15) is 40.0 Å². The molecule has 6 heteroatoms. The Balaban J connectivity index is 5.31. The third kappa shape index (κ3) is 5.21. The molecule has 0 spiro atoms. The molecular weight excluding hydrogens is 259 g/mol. The van der Waals surface area contributed by atoms with Crippen LogP contribution in [0.25, 0.3) is 0 Å². The summed E-state index contributed by atoms with van der Waals surface area (Å²) in [7, 11) is -2.69. The summed E-state index contributed by atoms with van der Waals surface area (Å²) < 4.78 is 33.3. The predicted molar refractivity (Wildman–Crippen MR) is 75.3 cm³/mol. The first-order valence-corrected chi connectivity index (χ1v) is 10.8. The molecule has 0 aromatic rings. The van der Waals surface area contributed by atoms with E-state index >= 15 is 0 Å². The average Bonchev–Trinajstić information content (AvgIpc) is 2.17. The summed E-state index contributed by atoms with van der Waals surface area (Å²) in [6, 6.07) is 0. The SMILES string of the molecule is CCCP(C)(CCC)(CCC)OS(=O)(=O)OC. The Morgan fingerprint density at radius 1 is 0.941 bits per heavy atom. The van der Waals surface area contributed by atoms with E-state index in [0.29, 0.717) is 0 Å². The molecule has 0 saturated heterocycles. The van der Waals surface area contributed by atoms with Crippen LogP contribution in [-0.2, 0) is 18.6 Å². The standard InChI is InChI=1S/C11H27O4PS/c1-6-9-16(5,10-7-2,11-8-3)15-17(12,13)14-4/h6-11H2,1-5H3. The fraction of sp³-hybridized carbons (Fsp3) is 1.00. The maximum atomic E-state index is 11.6. The van der Waals surface area contributed by atoms with Crippen LogP contribution < -0.4 is 0 Å². The summed E-state index contributed by atoms with van der Waals surface area (Å²) in [4.78, 5) is 0. The van der Waals surface area contributed by atoms with E-state index in [1.54, 1.807) is 0 Å². The van der Waals surface area contributed by atoms with Gasteiger partial charge in [-0.15, -0.1) is 0 Å². The molecule has 0 aliphatic carbocycles. The molecule has 0 atom stereocenters. The zero-order valence-electron chi connectivity index (χ0n) is 11.7. The predicted octanol–water partition coefficient (Wildman–Crippen LogP) is 3.22. The van der Waals surface area contributed by atoms with Gasteiger partial charge in [0.2, 0.25) is 0 Å². The number of hydrogen-bond donors (Lipinski definition) is 0. The molecule has 0 bridgehead atoms. The van der Waals surface area contributed by atoms with Crippen molar-refractivity contribution in [3.05, 3.63) is 0 Å². The van der Waals surface area contributed by atoms with E-state index in [1.807, 2.05) is 6.66 Å². The second kappa shape index (κ2) is 6.46. The molecule has 0 aromatic heterocycles. The average molecular weight is 286 g/mol. The van der Waals surface area contributed by atoms with Gasteiger partial charge < -0.3 is 0 Å². The minimum atomic E-state index is -3.84. The third-order valence-electron chi connectivity index (χ3n) is 3.09. The van der Waals surface area contributed by atoms with Crippen molar-refractivity contribution >= 4 is 17.2 Å². The van der Waals surface area contributed by atoms with E-state index in [4.69, 9.17) is 3.97 Å². The van der Waals surface area contributed by atoms with Gasteiger partial charge in [-0.3, -0.25) is 0 Å². The second-order valence-corrected chi connectivity index (χ2v) is 12.5. The fourth-order valence-electron chi connectivity index (χ4n) is 2.66. The van der Waals surface area contributed by atoms with E-state index in [-0.39, 0.29) is 0 Å². The van der Waals surface area contributed by atoms with Crippen molar-refractivity contribution in [2.24, 2.45) is 0 Å². The van der Waals surface area contributed by atoms with E-state index < -0.39 is 17.2 Å². The maximum absolute atomic E-state index is 11.6. The van der Waals surface area contributed by atoms with Crippen molar-refractivity contribution in [2.45, 2.75) is 40.0 Å². The third-order valence-corrected chi connectivity index (χ3v) is 11.2. The molecule has 0 N–H and O–H groups in total. The number of rotatable bonds is 9. The summed E-state index contributed by atoms with van der Waals surface area (Å²) in [6.45, 7) is 5.60. The molecule has 106 valence electrons. The zero-order valence-corrected chi connectivity index (χ0v) is 13.4. The first-order chi connectivity index (χ1) is 7.75. The molecule has 0 radical (unpaired) electrons. The summed E-state index contributed by atoms with van der Waals surface area (Å²) in [6.07, 6.45) is 5.34. The van der Waals surface area contributed by atoms with Crippen LogP contribution in [0.2, 0.25) is 0 Å². The van der Waals surface area contributed by atoms with Gasteiger partial charge in [-0.2, -0.15) is 0 Å². The van der Waals surface area contributed by atoms with Gasteiger partial charge in [0.05, 0.1) is 0 Å². The monoisotopic (exact) mass is 286 g/mol. The van der Waals surface area contributed by atoms with E-state index in [1.165, 1.54) is 0 Å². The molecule has 0 heterocycles. The van der Waals surface area contributed by atoms with Gasteiger partial charge in [0.1, 0.15) is 0 Å². The summed E-state index contributed by atoms with van der Waals surface area (Å²) >= 11 is 0. The molecule has 0 rings (SSSR count). The van der Waals surface area contributed by atoms with Crippen LogP contribution in [0.15, 0.2) is 0 Å². The fourth-order valence-corrected chi connectivity index (χ4v) is 10.5. The molecule has 0 aliphatic rings. The van der Waals surface area contributed by atoms with Crippen LogP contribution in [0.3, 0.4) is 0 Å². The van der Waals surface area contributed by atoms with Crippen LogP contribution in [0.4, 0.5) is 0 Å². The molecule has 0 saturated carbocycles. The minimum absolute atomic E-state index is 0.843. The Morgan fingerprint density at radius 3 is 1.53 bits per heavy atom. The van der Waals surface area contributed by atoms with Gasteiger partial charge in [0, 0.05) is 0 Å². The Morgan fingerprint density at radius 2 is 1.29 bits per heavy atom. The summed E-state index contributed by atoms with van der Waals surface area (Å²) in [5.74, 6) is 0. The van der Waals surface area contributed by atoms with Crippen molar-refractivity contribution in [1.29, 1.82) is 0 Å². The molecule has 0 unspecified atom stereocenters. The first kappa shape index (κ1) is 17.3. The topological polar surface area (TPSA) is 52.6 Å². The molecule has 0 fully saturated rings. The van der Waals surface area contributed by atoms with Gasteiger partial charge in [0.25, 0.3) is 0 Å². The van der Waals surface area contributed by atoms with Gasteiger partial charge in [0.15, 0.2) is 0 Å². The zero-order chi connectivity index (χ0) is 13.6. The first-order valence-electron chi connectivity index (χ1n) is 6.27. The van der Waals surface area contributed by atoms with Gasteiger partial charge in [-0.25, -0.2) is 0 Å². The summed E-state index contributed by atoms with van der Waals surface area (Å²) in [5, 5.41) is 0. The van der Waals surface area contributed by atoms with Crippen LogP contribution in [0, 0.1) is 0 Å². The van der Waals surface area contributed by atoms with Gasteiger partial charge in [-0.1, -0.05) is 0 Å². The Bertz CT molecular complexity index is 307. The summed E-state index contributed by atoms with van der Waals surface area (Å²) in [5.41, 5.74) is 0. The van der Waals surface area contributed by atoms with Gasteiger partial charge in [-0.05, 0) is 0 Å². The molecular formula is C11H27O4PS. The van der Waals surface area contributed by atoms with Crippen molar-refractivity contribution in [2.75, 3.05) is 32.3 Å². The van der Waals surface area contributed by atoms with Crippen molar-refractivity contribution in [3.8, 4) is 0 Å². The van der Waals surface area contributed by atoms with Crippen LogP contribution in [0.5, 0.6) is 0 Å². The van der Waals surface area contributed by atoms with Crippen molar-refractivity contribution < 1.29 is 16.6 Å².